The standard InChI is InChI=1S/C24H23N5O3/c1-3-16-11-22(30)28-23(26-16)15-5-7-21(25-12-15)29-9-8-20-18(13-29)17-10-14(24(31)32-2)4-6-19(17)27-20/h4-7,10-12,27H,3,8-9,13H2,1-2H3,(H,26,28,30). The first kappa shape index (κ1) is 20.0. The zero-order chi connectivity index (χ0) is 22.2. The van der Waals surface area contributed by atoms with Crippen LogP contribution in [0.1, 0.15) is 34.2 Å². The summed E-state index contributed by atoms with van der Waals surface area (Å²) in [6, 6.07) is 11.0. The summed E-state index contributed by atoms with van der Waals surface area (Å²) in [5.74, 6) is 1.04. The molecular formula is C24H23N5O3. The van der Waals surface area contributed by atoms with Crippen LogP contribution >= 0.6 is 0 Å². The van der Waals surface area contributed by atoms with Gasteiger partial charge in [-0.15, -0.1) is 0 Å². The molecule has 0 aliphatic carbocycles. The Morgan fingerprint density at radius 1 is 1.19 bits per heavy atom. The molecule has 1 aromatic carbocycles. The minimum atomic E-state index is -0.342. The normalized spacial score (nSPS) is 13.2. The summed E-state index contributed by atoms with van der Waals surface area (Å²) in [6.07, 6.45) is 3.29. The molecule has 8 heteroatoms. The van der Waals surface area contributed by atoms with Crippen LogP contribution < -0.4 is 10.5 Å². The van der Waals surface area contributed by atoms with Gasteiger partial charge in [0.25, 0.3) is 5.56 Å². The molecule has 0 unspecified atom stereocenters. The van der Waals surface area contributed by atoms with Crippen LogP contribution in [0.3, 0.4) is 0 Å². The fraction of sp³-hybridized carbons (Fsp3) is 0.250. The Labute approximate surface area is 184 Å². The van der Waals surface area contributed by atoms with Crippen LogP contribution in [-0.2, 0) is 24.1 Å². The average molecular weight is 429 g/mol. The molecule has 4 aromatic rings. The maximum absolute atomic E-state index is 12.0. The number of carbonyl (C=O) groups excluding carboxylic acids is 1. The topological polar surface area (TPSA) is 104 Å². The number of rotatable bonds is 4. The fourth-order valence-corrected chi connectivity index (χ4v) is 4.19. The minimum Gasteiger partial charge on any atom is -0.465 e. The highest BCUT2D eigenvalue weighted by molar-refractivity contribution is 5.96. The Morgan fingerprint density at radius 2 is 2.06 bits per heavy atom. The van der Waals surface area contributed by atoms with Crippen molar-refractivity contribution in [1.29, 1.82) is 0 Å². The summed E-state index contributed by atoms with van der Waals surface area (Å²) in [4.78, 5) is 41.5. The van der Waals surface area contributed by atoms with Crippen molar-refractivity contribution >= 4 is 22.7 Å². The number of esters is 1. The van der Waals surface area contributed by atoms with Gasteiger partial charge in [-0.25, -0.2) is 14.8 Å². The lowest BCUT2D eigenvalue weighted by Gasteiger charge is -2.28. The summed E-state index contributed by atoms with van der Waals surface area (Å²) < 4.78 is 4.87. The SMILES string of the molecule is CCc1cc(=O)[nH]c(-c2ccc(N3CCc4[nH]c5ccc(C(=O)OC)cc5c4C3)nc2)n1. The van der Waals surface area contributed by atoms with E-state index < -0.39 is 0 Å². The fourth-order valence-electron chi connectivity index (χ4n) is 4.19. The van der Waals surface area contributed by atoms with Gasteiger partial charge < -0.3 is 19.6 Å². The molecule has 0 fully saturated rings. The third kappa shape index (κ3) is 3.53. The number of anilines is 1. The number of methoxy groups -OCH3 is 1. The third-order valence-corrected chi connectivity index (χ3v) is 5.90. The molecule has 1 aliphatic rings. The summed E-state index contributed by atoms with van der Waals surface area (Å²) in [5, 5.41) is 1.03. The molecule has 4 heterocycles. The lowest BCUT2D eigenvalue weighted by molar-refractivity contribution is 0.0601. The number of ether oxygens (including phenoxy) is 1. The molecule has 0 spiro atoms. The van der Waals surface area contributed by atoms with Gasteiger partial charge in [0, 0.05) is 65.2 Å². The minimum absolute atomic E-state index is 0.162. The van der Waals surface area contributed by atoms with Gasteiger partial charge in [-0.2, -0.15) is 0 Å². The molecule has 0 radical (unpaired) electrons. The zero-order valence-electron chi connectivity index (χ0n) is 17.9. The van der Waals surface area contributed by atoms with Crippen molar-refractivity contribution in [2.24, 2.45) is 0 Å². The number of benzene rings is 1. The maximum atomic E-state index is 12.0. The molecule has 5 rings (SSSR count). The Kier molecular flexibility index (Phi) is 4.97. The van der Waals surface area contributed by atoms with Crippen LogP contribution in [0.25, 0.3) is 22.3 Å². The number of fused-ring (bicyclic) bond motifs is 3. The highest BCUT2D eigenvalue weighted by atomic mass is 16.5. The van der Waals surface area contributed by atoms with Crippen LogP contribution in [0.5, 0.6) is 0 Å². The molecule has 0 saturated carbocycles. The van der Waals surface area contributed by atoms with E-state index in [2.05, 4.69) is 24.8 Å². The Hall–Kier alpha value is -3.94. The first-order valence-electron chi connectivity index (χ1n) is 10.6. The van der Waals surface area contributed by atoms with E-state index in [-0.39, 0.29) is 11.5 Å². The van der Waals surface area contributed by atoms with E-state index in [0.29, 0.717) is 24.4 Å². The van der Waals surface area contributed by atoms with Gasteiger partial charge in [-0.05, 0) is 36.8 Å². The molecule has 0 bridgehead atoms. The van der Waals surface area contributed by atoms with Gasteiger partial charge >= 0.3 is 5.97 Å². The third-order valence-electron chi connectivity index (χ3n) is 5.90. The Balaban J connectivity index is 1.44. The van der Waals surface area contributed by atoms with E-state index in [4.69, 9.17) is 4.74 Å². The molecule has 0 saturated heterocycles. The van der Waals surface area contributed by atoms with Gasteiger partial charge in [-0.1, -0.05) is 6.92 Å². The van der Waals surface area contributed by atoms with Crippen LogP contribution in [0, 0.1) is 0 Å². The average Bonchev–Trinajstić information content (AvgIpc) is 3.20. The number of carbonyl (C=O) groups is 1. The largest absolute Gasteiger partial charge is 0.465 e. The van der Waals surface area contributed by atoms with Gasteiger partial charge in [0.15, 0.2) is 0 Å². The van der Waals surface area contributed by atoms with Crippen molar-refractivity contribution in [2.75, 3.05) is 18.6 Å². The maximum Gasteiger partial charge on any atom is 0.337 e. The number of aryl methyl sites for hydroxylation is 1. The van der Waals surface area contributed by atoms with Crippen molar-refractivity contribution in [1.82, 2.24) is 19.9 Å². The van der Waals surface area contributed by atoms with E-state index in [1.807, 2.05) is 31.2 Å². The lowest BCUT2D eigenvalue weighted by Crippen LogP contribution is -2.30. The van der Waals surface area contributed by atoms with E-state index in [1.165, 1.54) is 24.4 Å². The Morgan fingerprint density at radius 3 is 2.81 bits per heavy atom. The number of aromatic nitrogens is 4. The quantitative estimate of drug-likeness (QED) is 0.483. The van der Waals surface area contributed by atoms with E-state index >= 15 is 0 Å². The van der Waals surface area contributed by atoms with Gasteiger partial charge in [0.05, 0.1) is 12.7 Å². The van der Waals surface area contributed by atoms with Crippen LogP contribution in [0.15, 0.2) is 47.4 Å². The molecule has 3 aromatic heterocycles. The van der Waals surface area contributed by atoms with Crippen molar-refractivity contribution in [3.05, 3.63) is 75.5 Å². The van der Waals surface area contributed by atoms with Crippen LogP contribution in [0.2, 0.25) is 0 Å². The van der Waals surface area contributed by atoms with Gasteiger partial charge in [-0.3, -0.25) is 4.79 Å². The molecule has 0 atom stereocenters. The predicted octanol–water partition coefficient (Wildman–Crippen LogP) is 3.22. The summed E-state index contributed by atoms with van der Waals surface area (Å²) >= 11 is 0. The second kappa shape index (κ2) is 7.96. The van der Waals surface area contributed by atoms with E-state index in [9.17, 15) is 9.59 Å². The highest BCUT2D eigenvalue weighted by Crippen LogP contribution is 2.31. The highest BCUT2D eigenvalue weighted by Gasteiger charge is 2.22. The second-order valence-electron chi connectivity index (χ2n) is 7.85. The molecule has 0 amide bonds. The number of pyridine rings is 1. The molecule has 162 valence electrons. The molecule has 2 N–H and O–H groups in total. The summed E-state index contributed by atoms with van der Waals surface area (Å²) in [5.41, 5.74) is 5.27. The van der Waals surface area contributed by atoms with Crippen LogP contribution in [0.4, 0.5) is 5.82 Å². The number of hydrogen-bond donors (Lipinski definition) is 2. The van der Waals surface area contributed by atoms with Crippen molar-refractivity contribution in [3.8, 4) is 11.4 Å². The number of H-pyrrole nitrogens is 2. The smallest absolute Gasteiger partial charge is 0.337 e. The monoisotopic (exact) mass is 429 g/mol. The lowest BCUT2D eigenvalue weighted by atomic mass is 10.0. The molecule has 1 aliphatic heterocycles. The van der Waals surface area contributed by atoms with Crippen molar-refractivity contribution in [2.45, 2.75) is 26.3 Å². The van der Waals surface area contributed by atoms with Crippen molar-refractivity contribution < 1.29 is 9.53 Å². The van der Waals surface area contributed by atoms with E-state index in [0.717, 1.165) is 40.9 Å². The summed E-state index contributed by atoms with van der Waals surface area (Å²) in [6.45, 7) is 3.49. The first-order chi connectivity index (χ1) is 15.6. The number of nitrogens with zero attached hydrogens (tertiary/aromatic N) is 3. The van der Waals surface area contributed by atoms with Gasteiger partial charge in [0.1, 0.15) is 11.6 Å². The van der Waals surface area contributed by atoms with Crippen LogP contribution in [-0.4, -0.2) is 39.6 Å². The summed E-state index contributed by atoms with van der Waals surface area (Å²) in [7, 11) is 1.39. The predicted molar refractivity (Wildman–Crippen MR) is 122 cm³/mol. The molecule has 32 heavy (non-hydrogen) atoms. The molecule has 8 nitrogen and oxygen atoms in total. The zero-order valence-corrected chi connectivity index (χ0v) is 17.9. The number of aromatic amines is 2. The number of hydrogen-bond acceptors (Lipinski definition) is 6. The van der Waals surface area contributed by atoms with E-state index in [1.54, 1.807) is 12.3 Å². The van der Waals surface area contributed by atoms with Gasteiger partial charge in [0.2, 0.25) is 0 Å². The Bertz CT molecular complexity index is 1370. The first-order valence-corrected chi connectivity index (χ1v) is 10.6. The number of nitrogens with one attached hydrogen (secondary N) is 2. The van der Waals surface area contributed by atoms with Crippen molar-refractivity contribution in [3.63, 3.8) is 0 Å². The second-order valence-corrected chi connectivity index (χ2v) is 7.85. The molecular weight excluding hydrogens is 406 g/mol.